The third kappa shape index (κ3) is 5.02. The van der Waals surface area contributed by atoms with Crippen LogP contribution in [0.1, 0.15) is 10.9 Å². The lowest BCUT2D eigenvalue weighted by Gasteiger charge is -2.20. The zero-order valence-corrected chi connectivity index (χ0v) is 14.2. The molecular weight excluding hydrogens is 320 g/mol. The summed E-state index contributed by atoms with van der Waals surface area (Å²) in [5.74, 6) is 0.505. The van der Waals surface area contributed by atoms with Gasteiger partial charge in [-0.3, -0.25) is 4.79 Å². The summed E-state index contributed by atoms with van der Waals surface area (Å²) in [4.78, 5) is 14.5. The van der Waals surface area contributed by atoms with Crippen molar-refractivity contribution in [2.45, 2.75) is 6.04 Å². The number of carbonyl (C=O) groups is 1. The molecule has 2 N–H and O–H groups in total. The Morgan fingerprint density at radius 3 is 2.64 bits per heavy atom. The second-order valence-corrected chi connectivity index (χ2v) is 6.61. The van der Waals surface area contributed by atoms with Crippen LogP contribution in [-0.4, -0.2) is 33.2 Å². The maximum atomic E-state index is 11.9. The van der Waals surface area contributed by atoms with Gasteiger partial charge in [0.15, 0.2) is 6.61 Å². The van der Waals surface area contributed by atoms with Crippen LogP contribution in [0.2, 0.25) is 5.02 Å². The van der Waals surface area contributed by atoms with Crippen LogP contribution < -0.4 is 15.0 Å². The fourth-order valence-electron chi connectivity index (χ4n) is 2.03. The van der Waals surface area contributed by atoms with Gasteiger partial charge in [0.2, 0.25) is 0 Å². The minimum absolute atomic E-state index is 0.00154. The maximum Gasteiger partial charge on any atom is 0.258 e. The Balaban J connectivity index is 1.80. The van der Waals surface area contributed by atoms with Crippen LogP contribution in [0.4, 0.5) is 0 Å². The third-order valence-electron chi connectivity index (χ3n) is 3.27. The Morgan fingerprint density at radius 1 is 1.32 bits per heavy atom. The van der Waals surface area contributed by atoms with Gasteiger partial charge in [-0.25, -0.2) is 0 Å². The molecule has 118 valence electrons. The molecule has 0 aliphatic rings. The number of ether oxygens (including phenoxy) is 1. The maximum absolute atomic E-state index is 11.9. The molecule has 1 atom stereocenters. The smallest absolute Gasteiger partial charge is 0.258 e. The van der Waals surface area contributed by atoms with Crippen LogP contribution in [0.15, 0.2) is 41.8 Å². The van der Waals surface area contributed by atoms with Crippen molar-refractivity contribution < 1.29 is 14.4 Å². The van der Waals surface area contributed by atoms with Crippen LogP contribution in [0, 0.1) is 0 Å². The highest BCUT2D eigenvalue weighted by Crippen LogP contribution is 2.16. The van der Waals surface area contributed by atoms with Gasteiger partial charge in [0.1, 0.15) is 11.8 Å². The highest BCUT2D eigenvalue weighted by molar-refractivity contribution is 7.10. The molecule has 0 radical (unpaired) electrons. The molecule has 4 nitrogen and oxygen atoms in total. The Kier molecular flexibility index (Phi) is 6.24. The Morgan fingerprint density at radius 2 is 2.05 bits per heavy atom. The van der Waals surface area contributed by atoms with Crippen molar-refractivity contribution in [3.63, 3.8) is 0 Å². The number of hydrogen-bond acceptors (Lipinski definition) is 3. The van der Waals surface area contributed by atoms with Crippen molar-refractivity contribution in [2.75, 3.05) is 27.2 Å². The van der Waals surface area contributed by atoms with Gasteiger partial charge in [0.25, 0.3) is 5.91 Å². The predicted molar refractivity (Wildman–Crippen MR) is 89.8 cm³/mol. The van der Waals surface area contributed by atoms with Crippen LogP contribution in [0.25, 0.3) is 0 Å². The molecular formula is C16H20ClN2O2S+. The number of hydrogen-bond donors (Lipinski definition) is 2. The lowest BCUT2D eigenvalue weighted by atomic mass is 10.2. The first-order valence-electron chi connectivity index (χ1n) is 7.05. The number of benzene rings is 1. The number of nitrogens with one attached hydrogen (secondary N) is 2. The van der Waals surface area contributed by atoms with Crippen molar-refractivity contribution in [2.24, 2.45) is 0 Å². The lowest BCUT2D eigenvalue weighted by molar-refractivity contribution is -0.890. The lowest BCUT2D eigenvalue weighted by Crippen LogP contribution is -3.06. The number of likely N-dealkylation sites (N-methyl/N-ethyl adjacent to an activating group) is 1. The van der Waals surface area contributed by atoms with E-state index in [4.69, 9.17) is 16.3 Å². The second kappa shape index (κ2) is 8.17. The van der Waals surface area contributed by atoms with Gasteiger partial charge < -0.3 is 15.0 Å². The number of quaternary nitrogens is 1. The first-order chi connectivity index (χ1) is 10.6. The van der Waals surface area contributed by atoms with Gasteiger partial charge >= 0.3 is 0 Å². The summed E-state index contributed by atoms with van der Waals surface area (Å²) < 4.78 is 5.43. The molecule has 0 aliphatic carbocycles. The molecule has 0 aliphatic heterocycles. The SMILES string of the molecule is C[NH+](C)[C@H](CNC(=O)COc1ccc(Cl)cc1)c1cccs1. The molecule has 1 aromatic carbocycles. The number of rotatable bonds is 7. The van der Waals surface area contributed by atoms with Crippen LogP contribution >= 0.6 is 22.9 Å². The predicted octanol–water partition coefficient (Wildman–Crippen LogP) is 1.78. The van der Waals surface area contributed by atoms with Crippen LogP contribution in [0.3, 0.4) is 0 Å². The van der Waals surface area contributed by atoms with Crippen LogP contribution in [-0.2, 0) is 4.79 Å². The van der Waals surface area contributed by atoms with Gasteiger partial charge in [-0.05, 0) is 35.7 Å². The minimum Gasteiger partial charge on any atom is -0.484 e. The molecule has 22 heavy (non-hydrogen) atoms. The molecule has 1 amide bonds. The molecule has 1 heterocycles. The topological polar surface area (TPSA) is 42.8 Å². The highest BCUT2D eigenvalue weighted by atomic mass is 35.5. The fourth-order valence-corrected chi connectivity index (χ4v) is 3.11. The fraction of sp³-hybridized carbons (Fsp3) is 0.312. The summed E-state index contributed by atoms with van der Waals surface area (Å²) in [5, 5.41) is 5.63. The van der Waals surface area contributed by atoms with Gasteiger partial charge in [-0.2, -0.15) is 0 Å². The van der Waals surface area contributed by atoms with E-state index in [-0.39, 0.29) is 18.6 Å². The van der Waals surface area contributed by atoms with Crippen molar-refractivity contribution in [1.82, 2.24) is 5.32 Å². The largest absolute Gasteiger partial charge is 0.484 e. The van der Waals surface area contributed by atoms with Gasteiger partial charge in [0, 0.05) is 5.02 Å². The molecule has 0 spiro atoms. The molecule has 0 unspecified atom stereocenters. The molecule has 0 fully saturated rings. The van der Waals surface area contributed by atoms with E-state index in [1.807, 2.05) is 6.07 Å². The molecule has 2 rings (SSSR count). The Labute approximate surface area is 139 Å². The summed E-state index contributed by atoms with van der Waals surface area (Å²) in [6.45, 7) is 0.590. The van der Waals surface area contributed by atoms with E-state index in [1.165, 1.54) is 9.78 Å². The number of amides is 1. The molecule has 1 aromatic heterocycles. The van der Waals surface area contributed by atoms with Gasteiger partial charge in [-0.15, -0.1) is 11.3 Å². The quantitative estimate of drug-likeness (QED) is 0.807. The first-order valence-corrected chi connectivity index (χ1v) is 8.30. The van der Waals surface area contributed by atoms with Crippen LogP contribution in [0.5, 0.6) is 5.75 Å². The molecule has 6 heteroatoms. The normalized spacial score (nSPS) is 12.2. The Hall–Kier alpha value is -1.56. The first kappa shape index (κ1) is 16.8. The van der Waals surface area contributed by atoms with E-state index in [1.54, 1.807) is 35.6 Å². The Bertz CT molecular complexity index is 585. The van der Waals surface area contributed by atoms with Crippen molar-refractivity contribution in [1.29, 1.82) is 0 Å². The highest BCUT2D eigenvalue weighted by Gasteiger charge is 2.19. The van der Waals surface area contributed by atoms with E-state index in [0.29, 0.717) is 17.3 Å². The molecule has 0 bridgehead atoms. The monoisotopic (exact) mass is 339 g/mol. The van der Waals surface area contributed by atoms with Gasteiger partial charge in [-0.1, -0.05) is 17.7 Å². The molecule has 0 saturated carbocycles. The van der Waals surface area contributed by atoms with E-state index in [0.717, 1.165) is 0 Å². The molecule has 0 saturated heterocycles. The average Bonchev–Trinajstić information content (AvgIpc) is 3.00. The van der Waals surface area contributed by atoms with E-state index in [9.17, 15) is 4.79 Å². The summed E-state index contributed by atoms with van der Waals surface area (Å²) in [6.07, 6.45) is 0. The average molecular weight is 340 g/mol. The summed E-state index contributed by atoms with van der Waals surface area (Å²) in [5.41, 5.74) is 0. The number of halogens is 1. The van der Waals surface area contributed by atoms with E-state index >= 15 is 0 Å². The number of carbonyl (C=O) groups excluding carboxylic acids is 1. The number of thiophene rings is 1. The standard InChI is InChI=1S/C16H19ClN2O2S/c1-19(2)14(15-4-3-9-22-15)10-18-16(20)11-21-13-7-5-12(17)6-8-13/h3-9,14H,10-11H2,1-2H3,(H,18,20)/p+1/t14-/m1/s1. The zero-order chi connectivity index (χ0) is 15.9. The van der Waals surface area contributed by atoms with E-state index in [2.05, 4.69) is 30.9 Å². The van der Waals surface area contributed by atoms with Gasteiger partial charge in [0.05, 0.1) is 25.5 Å². The molecule has 2 aromatic rings. The summed E-state index contributed by atoms with van der Waals surface area (Å²) in [6, 6.07) is 11.3. The summed E-state index contributed by atoms with van der Waals surface area (Å²) in [7, 11) is 4.17. The summed E-state index contributed by atoms with van der Waals surface area (Å²) >= 11 is 7.51. The zero-order valence-electron chi connectivity index (χ0n) is 12.6. The van der Waals surface area contributed by atoms with Crippen molar-refractivity contribution in [3.8, 4) is 5.75 Å². The minimum atomic E-state index is -0.127. The third-order valence-corrected chi connectivity index (χ3v) is 4.51. The van der Waals surface area contributed by atoms with E-state index < -0.39 is 0 Å². The second-order valence-electron chi connectivity index (χ2n) is 5.19. The van der Waals surface area contributed by atoms with Crippen molar-refractivity contribution in [3.05, 3.63) is 51.7 Å². The van der Waals surface area contributed by atoms with Crippen molar-refractivity contribution >= 4 is 28.8 Å².